The molecular weight excluding hydrogens is 356 g/mol. The van der Waals surface area contributed by atoms with Gasteiger partial charge in [-0.15, -0.1) is 0 Å². The minimum atomic E-state index is -1.28. The molecule has 2 aromatic rings. The van der Waals surface area contributed by atoms with Gasteiger partial charge in [0.25, 0.3) is 5.91 Å². The number of nitrogens with two attached hydrogens (primary N) is 1. The van der Waals surface area contributed by atoms with Gasteiger partial charge in [0.05, 0.1) is 15.7 Å². The topological polar surface area (TPSA) is 55.1 Å². The number of hydrogen-bond acceptors (Lipinski definition) is 2. The van der Waals surface area contributed by atoms with Crippen LogP contribution in [0.15, 0.2) is 28.7 Å². The number of benzene rings is 2. The summed E-state index contributed by atoms with van der Waals surface area (Å²) in [6.45, 7) is 0. The molecule has 0 unspecified atom stereocenters. The second-order valence-corrected chi connectivity index (χ2v) is 4.91. The van der Waals surface area contributed by atoms with Crippen molar-refractivity contribution in [3.8, 4) is 0 Å². The molecule has 110 valence electrons. The SMILES string of the molecule is Nc1cc(F)c(F)cc1C(=O)Nc1cc(F)c(Br)cc1F. The molecule has 0 saturated carbocycles. The van der Waals surface area contributed by atoms with Crippen molar-refractivity contribution in [1.29, 1.82) is 0 Å². The highest BCUT2D eigenvalue weighted by Gasteiger charge is 2.17. The third-order valence-corrected chi connectivity index (χ3v) is 3.20. The van der Waals surface area contributed by atoms with Crippen molar-refractivity contribution in [2.75, 3.05) is 11.1 Å². The van der Waals surface area contributed by atoms with Gasteiger partial charge in [-0.25, -0.2) is 17.6 Å². The lowest BCUT2D eigenvalue weighted by atomic mass is 10.1. The third kappa shape index (κ3) is 3.15. The van der Waals surface area contributed by atoms with Gasteiger partial charge in [0.15, 0.2) is 11.6 Å². The molecule has 3 nitrogen and oxygen atoms in total. The molecule has 0 aromatic heterocycles. The van der Waals surface area contributed by atoms with Gasteiger partial charge in [-0.05, 0) is 28.1 Å². The van der Waals surface area contributed by atoms with E-state index in [1.165, 1.54) is 0 Å². The summed E-state index contributed by atoms with van der Waals surface area (Å²) >= 11 is 2.78. The van der Waals surface area contributed by atoms with E-state index < -0.39 is 40.4 Å². The lowest BCUT2D eigenvalue weighted by Crippen LogP contribution is -2.16. The molecule has 0 heterocycles. The molecule has 0 fully saturated rings. The van der Waals surface area contributed by atoms with Gasteiger partial charge in [-0.2, -0.15) is 0 Å². The third-order valence-electron chi connectivity index (χ3n) is 2.60. The summed E-state index contributed by atoms with van der Waals surface area (Å²) in [5.74, 6) is -5.20. The van der Waals surface area contributed by atoms with Gasteiger partial charge in [-0.1, -0.05) is 0 Å². The first-order chi connectivity index (χ1) is 9.79. The van der Waals surface area contributed by atoms with Crippen LogP contribution in [0.25, 0.3) is 0 Å². The quantitative estimate of drug-likeness (QED) is 0.484. The van der Waals surface area contributed by atoms with Crippen LogP contribution in [0, 0.1) is 23.3 Å². The summed E-state index contributed by atoms with van der Waals surface area (Å²) in [6.07, 6.45) is 0. The van der Waals surface area contributed by atoms with E-state index in [-0.39, 0.29) is 10.2 Å². The Balaban J connectivity index is 2.35. The molecule has 3 N–H and O–H groups in total. The first-order valence-electron chi connectivity index (χ1n) is 5.50. The molecule has 8 heteroatoms. The zero-order valence-electron chi connectivity index (χ0n) is 10.2. The van der Waals surface area contributed by atoms with Crippen LogP contribution in [0.3, 0.4) is 0 Å². The summed E-state index contributed by atoms with van der Waals surface area (Å²) < 4.78 is 52.8. The number of nitrogen functional groups attached to an aromatic ring is 1. The Kier molecular flexibility index (Phi) is 4.17. The molecule has 0 aliphatic carbocycles. The lowest BCUT2D eigenvalue weighted by molar-refractivity contribution is 0.102. The Morgan fingerprint density at radius 2 is 1.57 bits per heavy atom. The maximum absolute atomic E-state index is 13.6. The van der Waals surface area contributed by atoms with Gasteiger partial charge in [-0.3, -0.25) is 4.79 Å². The van der Waals surface area contributed by atoms with Crippen molar-refractivity contribution in [2.45, 2.75) is 0 Å². The predicted molar refractivity (Wildman–Crippen MR) is 72.8 cm³/mol. The molecule has 0 bridgehead atoms. The van der Waals surface area contributed by atoms with Gasteiger partial charge < -0.3 is 11.1 Å². The molecule has 2 rings (SSSR count). The van der Waals surface area contributed by atoms with E-state index in [1.54, 1.807) is 0 Å². The van der Waals surface area contributed by atoms with Crippen LogP contribution >= 0.6 is 15.9 Å². The minimum absolute atomic E-state index is 0.120. The highest BCUT2D eigenvalue weighted by Crippen LogP contribution is 2.25. The van der Waals surface area contributed by atoms with Crippen molar-refractivity contribution in [2.24, 2.45) is 0 Å². The fourth-order valence-electron chi connectivity index (χ4n) is 1.57. The van der Waals surface area contributed by atoms with Crippen LogP contribution in [-0.2, 0) is 0 Å². The van der Waals surface area contributed by atoms with Gasteiger partial charge in [0, 0.05) is 17.8 Å². The van der Waals surface area contributed by atoms with Gasteiger partial charge in [0.1, 0.15) is 11.6 Å². The second-order valence-electron chi connectivity index (χ2n) is 4.05. The Morgan fingerprint density at radius 1 is 0.952 bits per heavy atom. The smallest absolute Gasteiger partial charge is 0.257 e. The summed E-state index contributed by atoms with van der Waals surface area (Å²) in [5.41, 5.74) is 4.22. The van der Waals surface area contributed by atoms with Crippen LogP contribution < -0.4 is 11.1 Å². The highest BCUT2D eigenvalue weighted by atomic mass is 79.9. The molecular formula is C13H7BrF4N2O. The van der Waals surface area contributed by atoms with Crippen LogP contribution in [0.1, 0.15) is 10.4 Å². The van der Waals surface area contributed by atoms with Gasteiger partial charge in [0.2, 0.25) is 0 Å². The standard InChI is InChI=1S/C13H7BrF4N2O/c14-6-2-10(18)12(4-7(6)15)20-13(21)5-1-8(16)9(17)3-11(5)19/h1-4H,19H2,(H,20,21). The molecule has 2 aromatic carbocycles. The highest BCUT2D eigenvalue weighted by molar-refractivity contribution is 9.10. The molecule has 0 saturated heterocycles. The fraction of sp³-hybridized carbons (Fsp3) is 0. The van der Waals surface area contributed by atoms with Gasteiger partial charge >= 0.3 is 0 Å². The fourth-order valence-corrected chi connectivity index (χ4v) is 1.88. The maximum atomic E-state index is 13.6. The van der Waals surface area contributed by atoms with Crippen molar-refractivity contribution in [1.82, 2.24) is 0 Å². The number of anilines is 2. The average Bonchev–Trinajstić information content (AvgIpc) is 2.40. The monoisotopic (exact) mass is 362 g/mol. The van der Waals surface area contributed by atoms with E-state index in [0.717, 1.165) is 12.1 Å². The first-order valence-corrected chi connectivity index (χ1v) is 6.29. The number of nitrogens with one attached hydrogen (secondary N) is 1. The van der Waals surface area contributed by atoms with Crippen LogP contribution in [-0.4, -0.2) is 5.91 Å². The maximum Gasteiger partial charge on any atom is 0.257 e. The average molecular weight is 363 g/mol. The van der Waals surface area contributed by atoms with Crippen molar-refractivity contribution >= 4 is 33.2 Å². The number of carbonyl (C=O) groups is 1. The summed E-state index contributed by atoms with van der Waals surface area (Å²) in [5, 5.41) is 2.04. The molecule has 21 heavy (non-hydrogen) atoms. The molecule has 0 aliphatic rings. The molecule has 0 radical (unpaired) electrons. The van der Waals surface area contributed by atoms with Crippen LogP contribution in [0.4, 0.5) is 28.9 Å². The van der Waals surface area contributed by atoms with E-state index in [2.05, 4.69) is 15.9 Å². The predicted octanol–water partition coefficient (Wildman–Crippen LogP) is 3.84. The van der Waals surface area contributed by atoms with E-state index in [4.69, 9.17) is 5.73 Å². The van der Waals surface area contributed by atoms with E-state index in [1.807, 2.05) is 5.32 Å². The zero-order chi connectivity index (χ0) is 15.7. The Labute approximate surface area is 124 Å². The van der Waals surface area contributed by atoms with E-state index in [9.17, 15) is 22.4 Å². The number of rotatable bonds is 2. The summed E-state index contributed by atoms with van der Waals surface area (Å²) in [6, 6.07) is 2.77. The Bertz CT molecular complexity index is 737. The summed E-state index contributed by atoms with van der Waals surface area (Å²) in [4.78, 5) is 11.9. The molecule has 0 aliphatic heterocycles. The zero-order valence-corrected chi connectivity index (χ0v) is 11.8. The number of halogens is 5. The molecule has 0 atom stereocenters. The Hall–Kier alpha value is -2.09. The first kappa shape index (κ1) is 15.3. The number of carbonyl (C=O) groups excluding carboxylic acids is 1. The van der Waals surface area contributed by atoms with Crippen LogP contribution in [0.5, 0.6) is 0 Å². The minimum Gasteiger partial charge on any atom is -0.398 e. The summed E-state index contributed by atoms with van der Waals surface area (Å²) in [7, 11) is 0. The molecule has 0 spiro atoms. The van der Waals surface area contributed by atoms with E-state index in [0.29, 0.717) is 12.1 Å². The van der Waals surface area contributed by atoms with Crippen LogP contribution in [0.2, 0.25) is 0 Å². The molecule has 1 amide bonds. The largest absolute Gasteiger partial charge is 0.398 e. The lowest BCUT2D eigenvalue weighted by Gasteiger charge is -2.09. The van der Waals surface area contributed by atoms with E-state index >= 15 is 0 Å². The Morgan fingerprint density at radius 3 is 2.24 bits per heavy atom. The second kappa shape index (κ2) is 5.72. The van der Waals surface area contributed by atoms with Crippen molar-refractivity contribution in [3.63, 3.8) is 0 Å². The van der Waals surface area contributed by atoms with Crippen molar-refractivity contribution in [3.05, 3.63) is 57.6 Å². The normalized spacial score (nSPS) is 10.5. The number of amides is 1. The number of hydrogen-bond donors (Lipinski definition) is 2. The van der Waals surface area contributed by atoms with Crippen molar-refractivity contribution < 1.29 is 22.4 Å².